The van der Waals surface area contributed by atoms with E-state index >= 15 is 0 Å². The molecule has 0 radical (unpaired) electrons. The highest BCUT2D eigenvalue weighted by Gasteiger charge is 2.31. The highest BCUT2D eigenvalue weighted by Crippen LogP contribution is 2.27. The lowest BCUT2D eigenvalue weighted by Gasteiger charge is -2.23. The van der Waals surface area contributed by atoms with E-state index in [9.17, 15) is 8.42 Å². The lowest BCUT2D eigenvalue weighted by Crippen LogP contribution is -2.43. The molecule has 2 fully saturated rings. The molecule has 1 saturated heterocycles. The third-order valence-corrected chi connectivity index (χ3v) is 6.24. The smallest absolute Gasteiger partial charge is 0.152 e. The minimum Gasteiger partial charge on any atom is -0.381 e. The monoisotopic (exact) mass is 289 g/mol. The topological polar surface area (TPSA) is 55.4 Å². The molecule has 1 aliphatic carbocycles. The molecule has 1 N–H and O–H groups in total. The summed E-state index contributed by atoms with van der Waals surface area (Å²) in [7, 11) is -2.94. The molecule has 0 aromatic rings. The van der Waals surface area contributed by atoms with Crippen molar-refractivity contribution in [2.24, 2.45) is 11.8 Å². The van der Waals surface area contributed by atoms with Crippen molar-refractivity contribution in [3.05, 3.63) is 0 Å². The van der Waals surface area contributed by atoms with Crippen molar-refractivity contribution in [3.63, 3.8) is 0 Å². The van der Waals surface area contributed by atoms with Crippen molar-refractivity contribution in [2.75, 3.05) is 31.3 Å². The average molecular weight is 289 g/mol. The van der Waals surface area contributed by atoms with Gasteiger partial charge in [0.25, 0.3) is 0 Å². The lowest BCUT2D eigenvalue weighted by atomic mass is 10.0. The van der Waals surface area contributed by atoms with Crippen molar-refractivity contribution < 1.29 is 13.2 Å². The second-order valence-corrected chi connectivity index (χ2v) is 8.17. The Bertz CT molecular complexity index is 357. The SMILES string of the molecule is CCNC(CS(=O)(=O)CC1CCCC1)C1CCOC1. The Balaban J connectivity index is 1.90. The Morgan fingerprint density at radius 1 is 1.26 bits per heavy atom. The molecule has 1 aliphatic heterocycles. The summed E-state index contributed by atoms with van der Waals surface area (Å²) in [6.45, 7) is 4.33. The zero-order chi connectivity index (χ0) is 13.7. The van der Waals surface area contributed by atoms with Gasteiger partial charge in [0.15, 0.2) is 9.84 Å². The normalized spacial score (nSPS) is 26.9. The van der Waals surface area contributed by atoms with Gasteiger partial charge in [0.05, 0.1) is 18.1 Å². The molecule has 4 nitrogen and oxygen atoms in total. The van der Waals surface area contributed by atoms with E-state index in [-0.39, 0.29) is 11.8 Å². The van der Waals surface area contributed by atoms with Gasteiger partial charge in [-0.15, -0.1) is 0 Å². The minimum atomic E-state index is -2.94. The van der Waals surface area contributed by atoms with E-state index in [0.717, 1.165) is 32.4 Å². The first-order valence-corrected chi connectivity index (χ1v) is 9.44. The van der Waals surface area contributed by atoms with Crippen LogP contribution in [-0.4, -0.2) is 45.7 Å². The largest absolute Gasteiger partial charge is 0.381 e. The van der Waals surface area contributed by atoms with Crippen LogP contribution >= 0.6 is 0 Å². The van der Waals surface area contributed by atoms with Gasteiger partial charge in [-0.2, -0.15) is 0 Å². The van der Waals surface area contributed by atoms with Gasteiger partial charge in [0.2, 0.25) is 0 Å². The zero-order valence-electron chi connectivity index (χ0n) is 11.9. The molecule has 112 valence electrons. The van der Waals surface area contributed by atoms with Crippen molar-refractivity contribution in [1.82, 2.24) is 5.32 Å². The van der Waals surface area contributed by atoms with Crippen LogP contribution in [0.4, 0.5) is 0 Å². The van der Waals surface area contributed by atoms with E-state index in [1.54, 1.807) is 0 Å². The van der Waals surface area contributed by atoms with E-state index in [4.69, 9.17) is 4.74 Å². The van der Waals surface area contributed by atoms with Gasteiger partial charge in [-0.1, -0.05) is 19.8 Å². The summed E-state index contributed by atoms with van der Waals surface area (Å²) < 4.78 is 30.1. The highest BCUT2D eigenvalue weighted by atomic mass is 32.2. The van der Waals surface area contributed by atoms with Gasteiger partial charge in [0.1, 0.15) is 0 Å². The van der Waals surface area contributed by atoms with Crippen molar-refractivity contribution in [2.45, 2.75) is 45.1 Å². The molecular formula is C14H27NO3S. The van der Waals surface area contributed by atoms with Crippen LogP contribution in [0.5, 0.6) is 0 Å². The molecule has 0 aromatic carbocycles. The molecule has 0 bridgehead atoms. The predicted octanol–water partition coefficient (Wildman–Crippen LogP) is 1.61. The van der Waals surface area contributed by atoms with Crippen LogP contribution in [-0.2, 0) is 14.6 Å². The molecular weight excluding hydrogens is 262 g/mol. The number of hydrogen-bond acceptors (Lipinski definition) is 4. The molecule has 5 heteroatoms. The predicted molar refractivity (Wildman–Crippen MR) is 77.0 cm³/mol. The van der Waals surface area contributed by atoms with Crippen LogP contribution in [0.1, 0.15) is 39.0 Å². The number of rotatable bonds is 7. The maximum Gasteiger partial charge on any atom is 0.152 e. The molecule has 0 spiro atoms. The maximum absolute atomic E-state index is 12.3. The van der Waals surface area contributed by atoms with E-state index < -0.39 is 9.84 Å². The van der Waals surface area contributed by atoms with Crippen LogP contribution in [0.15, 0.2) is 0 Å². The molecule has 1 heterocycles. The molecule has 2 unspecified atom stereocenters. The van der Waals surface area contributed by atoms with Crippen LogP contribution in [0, 0.1) is 11.8 Å². The Kier molecular flexibility index (Phi) is 5.66. The fraction of sp³-hybridized carbons (Fsp3) is 1.00. The van der Waals surface area contributed by atoms with E-state index in [1.807, 2.05) is 6.92 Å². The fourth-order valence-corrected chi connectivity index (χ4v) is 5.50. The Morgan fingerprint density at radius 2 is 2.00 bits per heavy atom. The number of sulfone groups is 1. The first-order valence-electron chi connectivity index (χ1n) is 7.62. The van der Waals surface area contributed by atoms with Crippen molar-refractivity contribution in [3.8, 4) is 0 Å². The Labute approximate surface area is 117 Å². The summed E-state index contributed by atoms with van der Waals surface area (Å²) in [4.78, 5) is 0. The average Bonchev–Trinajstić information content (AvgIpc) is 2.99. The van der Waals surface area contributed by atoms with Crippen LogP contribution in [0.3, 0.4) is 0 Å². The lowest BCUT2D eigenvalue weighted by molar-refractivity contribution is 0.179. The molecule has 2 atom stereocenters. The quantitative estimate of drug-likeness (QED) is 0.773. The van der Waals surface area contributed by atoms with Gasteiger partial charge >= 0.3 is 0 Å². The van der Waals surface area contributed by atoms with Gasteiger partial charge in [-0.05, 0) is 31.7 Å². The van der Waals surface area contributed by atoms with Gasteiger partial charge in [0, 0.05) is 18.6 Å². The Hall–Kier alpha value is -0.130. The second-order valence-electron chi connectivity index (χ2n) is 6.02. The minimum absolute atomic E-state index is 0.0684. The highest BCUT2D eigenvalue weighted by molar-refractivity contribution is 7.91. The molecule has 0 amide bonds. The summed E-state index contributed by atoms with van der Waals surface area (Å²) in [5, 5.41) is 3.35. The number of ether oxygens (including phenoxy) is 1. The summed E-state index contributed by atoms with van der Waals surface area (Å²) in [6.07, 6.45) is 5.58. The van der Waals surface area contributed by atoms with Gasteiger partial charge in [-0.25, -0.2) is 8.42 Å². The number of nitrogens with one attached hydrogen (secondary N) is 1. The molecule has 1 saturated carbocycles. The van der Waals surface area contributed by atoms with Gasteiger partial charge < -0.3 is 10.1 Å². The third kappa shape index (κ3) is 4.72. The Morgan fingerprint density at radius 3 is 2.58 bits per heavy atom. The van der Waals surface area contributed by atoms with Crippen molar-refractivity contribution in [1.29, 1.82) is 0 Å². The molecule has 2 aliphatic rings. The van der Waals surface area contributed by atoms with Gasteiger partial charge in [-0.3, -0.25) is 0 Å². The number of hydrogen-bond donors (Lipinski definition) is 1. The first kappa shape index (κ1) is 15.3. The van der Waals surface area contributed by atoms with Crippen LogP contribution < -0.4 is 5.32 Å². The fourth-order valence-electron chi connectivity index (χ4n) is 3.37. The molecule has 2 rings (SSSR count). The van der Waals surface area contributed by atoms with E-state index in [2.05, 4.69) is 5.32 Å². The molecule has 19 heavy (non-hydrogen) atoms. The van der Waals surface area contributed by atoms with Crippen LogP contribution in [0.25, 0.3) is 0 Å². The summed E-state index contributed by atoms with van der Waals surface area (Å²) >= 11 is 0. The summed E-state index contributed by atoms with van der Waals surface area (Å²) in [5.41, 5.74) is 0. The second kappa shape index (κ2) is 7.04. The third-order valence-electron chi connectivity index (χ3n) is 4.40. The summed E-state index contributed by atoms with van der Waals surface area (Å²) in [5.74, 6) is 1.44. The first-order chi connectivity index (χ1) is 9.11. The standard InChI is InChI=1S/C14H27NO3S/c1-2-15-14(13-7-8-18-9-13)11-19(16,17)10-12-5-3-4-6-12/h12-15H,2-11H2,1H3. The zero-order valence-corrected chi connectivity index (χ0v) is 12.8. The van der Waals surface area contributed by atoms with E-state index in [0.29, 0.717) is 24.2 Å². The molecule has 0 aromatic heterocycles. The maximum atomic E-state index is 12.3. The summed E-state index contributed by atoms with van der Waals surface area (Å²) in [6, 6.07) is 0.0684. The van der Waals surface area contributed by atoms with Crippen molar-refractivity contribution >= 4 is 9.84 Å². The van der Waals surface area contributed by atoms with E-state index in [1.165, 1.54) is 12.8 Å². The van der Waals surface area contributed by atoms with Crippen LogP contribution in [0.2, 0.25) is 0 Å².